The van der Waals surface area contributed by atoms with Gasteiger partial charge >= 0.3 is 6.61 Å². The highest BCUT2D eigenvalue weighted by atomic mass is 19.3. The molecule has 0 aliphatic rings. The second-order valence-corrected chi connectivity index (χ2v) is 2.71. The number of carbonyl (C=O) groups excluding carboxylic acids is 2. The second-order valence-electron chi connectivity index (χ2n) is 2.71. The first kappa shape index (κ1) is 12.1. The first-order chi connectivity index (χ1) is 7.63. The molecule has 0 unspecified atom stereocenters. The molecule has 86 valence electrons. The lowest BCUT2D eigenvalue weighted by atomic mass is 10.1. The maximum Gasteiger partial charge on any atom is 0.387 e. The van der Waals surface area contributed by atoms with Crippen LogP contribution in [-0.4, -0.2) is 26.3 Å². The Morgan fingerprint density at radius 1 is 1.25 bits per heavy atom. The van der Waals surface area contributed by atoms with E-state index in [9.17, 15) is 18.4 Å². The van der Waals surface area contributed by atoms with Crippen LogP contribution in [0.15, 0.2) is 12.1 Å². The number of alkyl halides is 2. The van der Waals surface area contributed by atoms with Crippen LogP contribution in [0.1, 0.15) is 20.7 Å². The van der Waals surface area contributed by atoms with Gasteiger partial charge in [0.05, 0.1) is 12.7 Å². The summed E-state index contributed by atoms with van der Waals surface area (Å²) >= 11 is 0. The van der Waals surface area contributed by atoms with Gasteiger partial charge in [0.25, 0.3) is 0 Å². The third-order valence-corrected chi connectivity index (χ3v) is 1.87. The number of rotatable bonds is 5. The molecule has 0 radical (unpaired) electrons. The Morgan fingerprint density at radius 3 is 2.38 bits per heavy atom. The summed E-state index contributed by atoms with van der Waals surface area (Å²) in [5, 5.41) is 0. The smallest absolute Gasteiger partial charge is 0.387 e. The third-order valence-electron chi connectivity index (χ3n) is 1.87. The zero-order valence-electron chi connectivity index (χ0n) is 8.28. The fraction of sp³-hybridized carbons (Fsp3) is 0.200. The van der Waals surface area contributed by atoms with Crippen molar-refractivity contribution in [2.24, 2.45) is 0 Å². The van der Waals surface area contributed by atoms with Crippen molar-refractivity contribution in [3.05, 3.63) is 23.3 Å². The minimum absolute atomic E-state index is 0.0343. The number of methoxy groups -OCH3 is 1. The Kier molecular flexibility index (Phi) is 3.93. The minimum atomic E-state index is -3.10. The van der Waals surface area contributed by atoms with Crippen LogP contribution in [0.5, 0.6) is 11.5 Å². The van der Waals surface area contributed by atoms with Crippen molar-refractivity contribution in [2.45, 2.75) is 6.61 Å². The number of benzene rings is 1. The van der Waals surface area contributed by atoms with Crippen molar-refractivity contribution in [1.82, 2.24) is 0 Å². The van der Waals surface area contributed by atoms with Crippen LogP contribution in [0, 0.1) is 0 Å². The molecular formula is C10H8F2O4. The van der Waals surface area contributed by atoms with Crippen LogP contribution in [0.4, 0.5) is 8.78 Å². The fourth-order valence-corrected chi connectivity index (χ4v) is 1.19. The zero-order chi connectivity index (χ0) is 12.1. The molecule has 0 spiro atoms. The average Bonchev–Trinajstić information content (AvgIpc) is 2.27. The molecule has 16 heavy (non-hydrogen) atoms. The molecule has 0 aliphatic heterocycles. The average molecular weight is 230 g/mol. The lowest BCUT2D eigenvalue weighted by Crippen LogP contribution is -2.07. The van der Waals surface area contributed by atoms with Crippen molar-refractivity contribution >= 4 is 12.6 Å². The lowest BCUT2D eigenvalue weighted by Gasteiger charge is -2.12. The van der Waals surface area contributed by atoms with Gasteiger partial charge in [0.15, 0.2) is 24.1 Å². The Morgan fingerprint density at radius 2 is 1.94 bits per heavy atom. The summed E-state index contributed by atoms with van der Waals surface area (Å²) in [6.45, 7) is -3.10. The molecule has 4 nitrogen and oxygen atoms in total. The zero-order valence-corrected chi connectivity index (χ0v) is 8.28. The van der Waals surface area contributed by atoms with Crippen molar-refractivity contribution in [1.29, 1.82) is 0 Å². The SMILES string of the molecule is COc1ccc(C=O)c(C=O)c1OC(F)F. The van der Waals surface area contributed by atoms with Crippen LogP contribution >= 0.6 is 0 Å². The van der Waals surface area contributed by atoms with Gasteiger partial charge in [-0.2, -0.15) is 8.78 Å². The molecular weight excluding hydrogens is 222 g/mol. The molecule has 0 fully saturated rings. The van der Waals surface area contributed by atoms with Crippen LogP contribution in [-0.2, 0) is 0 Å². The number of hydrogen-bond acceptors (Lipinski definition) is 4. The summed E-state index contributed by atoms with van der Waals surface area (Å²) < 4.78 is 33.1. The summed E-state index contributed by atoms with van der Waals surface area (Å²) in [7, 11) is 1.24. The quantitative estimate of drug-likeness (QED) is 0.725. The van der Waals surface area contributed by atoms with Crippen molar-refractivity contribution in [2.75, 3.05) is 7.11 Å². The molecule has 0 N–H and O–H groups in total. The second kappa shape index (κ2) is 5.20. The number of aldehydes is 2. The molecule has 0 saturated heterocycles. The van der Waals surface area contributed by atoms with E-state index in [0.717, 1.165) is 0 Å². The Bertz CT molecular complexity index is 404. The van der Waals surface area contributed by atoms with E-state index >= 15 is 0 Å². The number of carbonyl (C=O) groups is 2. The molecule has 0 heterocycles. The summed E-state index contributed by atoms with van der Waals surface area (Å²) in [6, 6.07) is 2.56. The van der Waals surface area contributed by atoms with Gasteiger partial charge in [-0.25, -0.2) is 0 Å². The standard InChI is InChI=1S/C10H8F2O4/c1-15-8-3-2-6(4-13)7(5-14)9(8)16-10(11)12/h2-5,10H,1H3. The number of halogens is 2. The van der Waals surface area contributed by atoms with Gasteiger partial charge in [0, 0.05) is 5.56 Å². The van der Waals surface area contributed by atoms with Gasteiger partial charge in [0.2, 0.25) is 0 Å². The molecule has 6 heteroatoms. The molecule has 1 aromatic rings. The van der Waals surface area contributed by atoms with Crippen LogP contribution in [0.2, 0.25) is 0 Å². The first-order valence-electron chi connectivity index (χ1n) is 4.20. The van der Waals surface area contributed by atoms with Crippen molar-refractivity contribution < 1.29 is 27.8 Å². The van der Waals surface area contributed by atoms with Gasteiger partial charge in [-0.05, 0) is 12.1 Å². The van der Waals surface area contributed by atoms with Crippen molar-refractivity contribution in [3.8, 4) is 11.5 Å². The summed E-state index contributed by atoms with van der Waals surface area (Å²) in [4.78, 5) is 21.3. The lowest BCUT2D eigenvalue weighted by molar-refractivity contribution is -0.0514. The molecule has 0 saturated carbocycles. The molecule has 0 bridgehead atoms. The van der Waals surface area contributed by atoms with Gasteiger partial charge in [0.1, 0.15) is 0 Å². The Labute approximate surface area is 89.8 Å². The normalized spacial score (nSPS) is 10.0. The van der Waals surface area contributed by atoms with Crippen LogP contribution in [0.25, 0.3) is 0 Å². The fourth-order valence-electron chi connectivity index (χ4n) is 1.19. The van der Waals surface area contributed by atoms with E-state index in [1.807, 2.05) is 0 Å². The van der Waals surface area contributed by atoms with E-state index in [1.165, 1.54) is 19.2 Å². The topological polar surface area (TPSA) is 52.6 Å². The van der Waals surface area contributed by atoms with E-state index < -0.39 is 12.4 Å². The maximum absolute atomic E-state index is 12.1. The maximum atomic E-state index is 12.1. The molecule has 0 amide bonds. The van der Waals surface area contributed by atoms with Crippen LogP contribution < -0.4 is 9.47 Å². The van der Waals surface area contributed by atoms with E-state index in [2.05, 4.69) is 4.74 Å². The van der Waals surface area contributed by atoms with Crippen molar-refractivity contribution in [3.63, 3.8) is 0 Å². The molecule has 0 atom stereocenters. The van der Waals surface area contributed by atoms with Gasteiger partial charge in [-0.1, -0.05) is 0 Å². The Hall–Kier alpha value is -1.98. The van der Waals surface area contributed by atoms with E-state index in [4.69, 9.17) is 4.74 Å². The highest BCUT2D eigenvalue weighted by Gasteiger charge is 2.18. The highest BCUT2D eigenvalue weighted by molar-refractivity contribution is 5.94. The largest absolute Gasteiger partial charge is 0.493 e. The third kappa shape index (κ3) is 2.33. The molecule has 1 rings (SSSR count). The number of ether oxygens (including phenoxy) is 2. The summed E-state index contributed by atoms with van der Waals surface area (Å²) in [5.41, 5.74) is -0.291. The number of hydrogen-bond donors (Lipinski definition) is 0. The highest BCUT2D eigenvalue weighted by Crippen LogP contribution is 2.33. The van der Waals surface area contributed by atoms with Gasteiger partial charge in [-0.15, -0.1) is 0 Å². The predicted octanol–water partition coefficient (Wildman–Crippen LogP) is 1.92. The molecule has 0 aliphatic carbocycles. The van der Waals surface area contributed by atoms with Gasteiger partial charge < -0.3 is 9.47 Å². The summed E-state index contributed by atoms with van der Waals surface area (Å²) in [6.07, 6.45) is 0.644. The minimum Gasteiger partial charge on any atom is -0.493 e. The predicted molar refractivity (Wildman–Crippen MR) is 50.4 cm³/mol. The van der Waals surface area contributed by atoms with Crippen LogP contribution in [0.3, 0.4) is 0 Å². The Balaban J connectivity index is 3.36. The summed E-state index contributed by atoms with van der Waals surface area (Å²) in [5.74, 6) is -0.467. The molecule has 0 aromatic heterocycles. The first-order valence-corrected chi connectivity index (χ1v) is 4.20. The van der Waals surface area contributed by atoms with E-state index in [-0.39, 0.29) is 23.2 Å². The van der Waals surface area contributed by atoms with Gasteiger partial charge in [-0.3, -0.25) is 9.59 Å². The molecule has 1 aromatic carbocycles. The van der Waals surface area contributed by atoms with E-state index in [1.54, 1.807) is 0 Å². The van der Waals surface area contributed by atoms with E-state index in [0.29, 0.717) is 6.29 Å². The monoisotopic (exact) mass is 230 g/mol.